The first-order valence-corrected chi connectivity index (χ1v) is 6.48. The van der Waals surface area contributed by atoms with Crippen LogP contribution in [0.4, 0.5) is 0 Å². The lowest BCUT2D eigenvalue weighted by molar-refractivity contribution is 0.0953. The van der Waals surface area contributed by atoms with Crippen LogP contribution in [0, 0.1) is 6.92 Å². The molecule has 1 rings (SSSR count). The monoisotopic (exact) mass is 303 g/mol. The first-order chi connectivity index (χ1) is 7.50. The van der Waals surface area contributed by atoms with E-state index >= 15 is 0 Å². The molecule has 2 nitrogen and oxygen atoms in total. The van der Waals surface area contributed by atoms with Gasteiger partial charge in [-0.1, -0.05) is 40.5 Å². The Hall–Kier alpha value is -0.540. The highest BCUT2D eigenvalue weighted by Crippen LogP contribution is 2.16. The van der Waals surface area contributed by atoms with Crippen LogP contribution in [0.5, 0.6) is 0 Å². The molecule has 1 aromatic carbocycles. The average molecular weight is 305 g/mol. The number of benzene rings is 1. The van der Waals surface area contributed by atoms with Gasteiger partial charge in [0.25, 0.3) is 5.91 Å². The Kier molecular flexibility index (Phi) is 5.29. The minimum Gasteiger partial charge on any atom is -0.352 e. The number of carbonyl (C=O) groups excluding carboxylic acids is 1. The predicted molar refractivity (Wildman–Crippen MR) is 71.5 cm³/mol. The zero-order valence-electron chi connectivity index (χ0n) is 9.39. The normalized spacial score (nSPS) is 12.2. The number of carbonyl (C=O) groups is 1. The highest BCUT2D eigenvalue weighted by molar-refractivity contribution is 9.09. The molecule has 0 spiro atoms. The Labute approximate surface area is 110 Å². The Balaban J connectivity index is 2.56. The van der Waals surface area contributed by atoms with Gasteiger partial charge in [-0.2, -0.15) is 0 Å². The lowest BCUT2D eigenvalue weighted by Gasteiger charge is -2.07. The molecule has 0 aliphatic carbocycles. The van der Waals surface area contributed by atoms with E-state index in [1.807, 2.05) is 13.0 Å². The highest BCUT2D eigenvalue weighted by Gasteiger charge is 2.06. The fourth-order valence-electron chi connectivity index (χ4n) is 1.22. The lowest BCUT2D eigenvalue weighted by Crippen LogP contribution is -2.25. The molecule has 0 radical (unpaired) electrons. The highest BCUT2D eigenvalue weighted by atomic mass is 79.9. The molecule has 1 aromatic rings. The minimum atomic E-state index is -0.0740. The maximum atomic E-state index is 11.7. The van der Waals surface area contributed by atoms with E-state index in [1.54, 1.807) is 12.1 Å². The molecule has 0 saturated carbocycles. The molecule has 4 heteroatoms. The molecule has 1 atom stereocenters. The second-order valence-electron chi connectivity index (χ2n) is 3.79. The van der Waals surface area contributed by atoms with Crippen molar-refractivity contribution in [3.05, 3.63) is 34.3 Å². The molecule has 0 fully saturated rings. The molecule has 0 saturated heterocycles. The third-order valence-corrected chi connectivity index (χ3v) is 3.13. The predicted octanol–water partition coefficient (Wildman–Crippen LogP) is 3.55. The molecule has 1 amide bonds. The number of nitrogens with one attached hydrogen (secondary N) is 1. The minimum absolute atomic E-state index is 0.0740. The van der Waals surface area contributed by atoms with Crippen molar-refractivity contribution < 1.29 is 4.79 Å². The Morgan fingerprint density at radius 3 is 2.81 bits per heavy atom. The maximum absolute atomic E-state index is 11.7. The van der Waals surface area contributed by atoms with Crippen molar-refractivity contribution in [1.82, 2.24) is 5.32 Å². The van der Waals surface area contributed by atoms with E-state index in [1.165, 1.54) is 0 Å². The molecule has 1 N–H and O–H groups in total. The first kappa shape index (κ1) is 13.5. The van der Waals surface area contributed by atoms with Crippen molar-refractivity contribution in [3.63, 3.8) is 0 Å². The van der Waals surface area contributed by atoms with Gasteiger partial charge in [0, 0.05) is 22.0 Å². The Morgan fingerprint density at radius 1 is 1.56 bits per heavy atom. The fraction of sp³-hybridized carbons (Fsp3) is 0.417. The van der Waals surface area contributed by atoms with Crippen molar-refractivity contribution in [3.8, 4) is 0 Å². The summed E-state index contributed by atoms with van der Waals surface area (Å²) in [5.74, 6) is -0.0740. The molecule has 0 bridgehead atoms. The van der Waals surface area contributed by atoms with E-state index in [4.69, 9.17) is 11.6 Å². The Bertz CT molecular complexity index is 379. The number of hydrogen-bond donors (Lipinski definition) is 1. The molecular formula is C12H15BrClNO. The number of amides is 1. The summed E-state index contributed by atoms with van der Waals surface area (Å²) in [6.45, 7) is 4.63. The summed E-state index contributed by atoms with van der Waals surface area (Å²) in [5.41, 5.74) is 1.59. The number of aryl methyl sites for hydroxylation is 1. The standard InChI is InChI=1S/C12H15BrClNO/c1-8-3-4-10(7-11(8)14)12(16)15-6-5-9(2)13/h3-4,7,9H,5-6H2,1-2H3,(H,15,16). The van der Waals surface area contributed by atoms with Gasteiger partial charge in [0.1, 0.15) is 0 Å². The molecule has 16 heavy (non-hydrogen) atoms. The van der Waals surface area contributed by atoms with Gasteiger partial charge < -0.3 is 5.32 Å². The van der Waals surface area contributed by atoms with Crippen LogP contribution in [0.15, 0.2) is 18.2 Å². The third kappa shape index (κ3) is 4.14. The second kappa shape index (κ2) is 6.26. The number of hydrogen-bond acceptors (Lipinski definition) is 1. The van der Waals surface area contributed by atoms with Gasteiger partial charge in [-0.3, -0.25) is 4.79 Å². The van der Waals surface area contributed by atoms with Crippen LogP contribution in [-0.4, -0.2) is 17.3 Å². The van der Waals surface area contributed by atoms with E-state index in [2.05, 4.69) is 28.2 Å². The smallest absolute Gasteiger partial charge is 0.251 e. The summed E-state index contributed by atoms with van der Waals surface area (Å²) in [6, 6.07) is 5.34. The quantitative estimate of drug-likeness (QED) is 0.847. The van der Waals surface area contributed by atoms with Crippen molar-refractivity contribution in [2.24, 2.45) is 0 Å². The van der Waals surface area contributed by atoms with Crippen LogP contribution in [0.3, 0.4) is 0 Å². The zero-order chi connectivity index (χ0) is 12.1. The maximum Gasteiger partial charge on any atom is 0.251 e. The largest absolute Gasteiger partial charge is 0.352 e. The van der Waals surface area contributed by atoms with Crippen LogP contribution >= 0.6 is 27.5 Å². The van der Waals surface area contributed by atoms with Gasteiger partial charge in [-0.05, 0) is 31.0 Å². The molecule has 0 heterocycles. The fourth-order valence-corrected chi connectivity index (χ4v) is 1.63. The number of rotatable bonds is 4. The zero-order valence-corrected chi connectivity index (χ0v) is 11.7. The molecule has 1 unspecified atom stereocenters. The van der Waals surface area contributed by atoms with Gasteiger partial charge in [0.15, 0.2) is 0 Å². The van der Waals surface area contributed by atoms with Crippen LogP contribution in [0.2, 0.25) is 5.02 Å². The van der Waals surface area contributed by atoms with Crippen molar-refractivity contribution in [2.75, 3.05) is 6.54 Å². The topological polar surface area (TPSA) is 29.1 Å². The summed E-state index contributed by atoms with van der Waals surface area (Å²) in [7, 11) is 0. The summed E-state index contributed by atoms with van der Waals surface area (Å²) >= 11 is 9.38. The molecule has 0 aliphatic rings. The van der Waals surface area contributed by atoms with Crippen LogP contribution in [0.25, 0.3) is 0 Å². The van der Waals surface area contributed by atoms with Gasteiger partial charge in [-0.25, -0.2) is 0 Å². The van der Waals surface area contributed by atoms with E-state index < -0.39 is 0 Å². The van der Waals surface area contributed by atoms with Crippen LogP contribution < -0.4 is 5.32 Å². The van der Waals surface area contributed by atoms with Crippen molar-refractivity contribution >= 4 is 33.4 Å². The second-order valence-corrected chi connectivity index (χ2v) is 5.76. The van der Waals surface area contributed by atoms with Crippen molar-refractivity contribution in [1.29, 1.82) is 0 Å². The number of alkyl halides is 1. The van der Waals surface area contributed by atoms with Crippen LogP contribution in [-0.2, 0) is 0 Å². The van der Waals surface area contributed by atoms with E-state index in [0.29, 0.717) is 22.0 Å². The summed E-state index contributed by atoms with van der Waals surface area (Å²) in [5, 5.41) is 3.48. The molecule has 88 valence electrons. The third-order valence-electron chi connectivity index (χ3n) is 2.26. The number of halogens is 2. The lowest BCUT2D eigenvalue weighted by atomic mass is 10.1. The summed E-state index contributed by atoms with van der Waals surface area (Å²) in [4.78, 5) is 12.1. The van der Waals surface area contributed by atoms with Gasteiger partial charge in [0.05, 0.1) is 0 Å². The average Bonchev–Trinajstić information content (AvgIpc) is 2.21. The summed E-state index contributed by atoms with van der Waals surface area (Å²) in [6.07, 6.45) is 0.908. The molecule has 0 aliphatic heterocycles. The van der Waals surface area contributed by atoms with E-state index in [-0.39, 0.29) is 5.91 Å². The van der Waals surface area contributed by atoms with E-state index in [0.717, 1.165) is 12.0 Å². The van der Waals surface area contributed by atoms with Crippen LogP contribution in [0.1, 0.15) is 29.3 Å². The van der Waals surface area contributed by atoms with Crippen molar-refractivity contribution in [2.45, 2.75) is 25.1 Å². The summed E-state index contributed by atoms with van der Waals surface area (Å²) < 4.78 is 0. The van der Waals surface area contributed by atoms with Gasteiger partial charge in [0.2, 0.25) is 0 Å². The van der Waals surface area contributed by atoms with Gasteiger partial charge in [-0.15, -0.1) is 0 Å². The van der Waals surface area contributed by atoms with Gasteiger partial charge >= 0.3 is 0 Å². The molecule has 0 aromatic heterocycles. The molecular weight excluding hydrogens is 289 g/mol. The van der Waals surface area contributed by atoms with E-state index in [9.17, 15) is 4.79 Å². The first-order valence-electron chi connectivity index (χ1n) is 5.19. The SMILES string of the molecule is Cc1ccc(C(=O)NCCC(C)Br)cc1Cl. The Morgan fingerprint density at radius 2 is 2.25 bits per heavy atom.